The van der Waals surface area contributed by atoms with Gasteiger partial charge in [0, 0.05) is 6.04 Å². The third kappa shape index (κ3) is 3.82. The molecule has 0 saturated carbocycles. The predicted molar refractivity (Wildman–Crippen MR) is 80.3 cm³/mol. The summed E-state index contributed by atoms with van der Waals surface area (Å²) >= 11 is 1.54. The SMILES string of the molecule is CC(C)n1c(CN)nnc1SCOCc1ccccc1. The molecule has 0 unspecified atom stereocenters. The second-order valence-electron chi connectivity index (χ2n) is 4.66. The van der Waals surface area contributed by atoms with Crippen molar-refractivity contribution in [3.63, 3.8) is 0 Å². The topological polar surface area (TPSA) is 66.0 Å². The van der Waals surface area contributed by atoms with Gasteiger partial charge < -0.3 is 15.0 Å². The lowest BCUT2D eigenvalue weighted by atomic mass is 10.2. The van der Waals surface area contributed by atoms with E-state index in [1.54, 1.807) is 11.8 Å². The van der Waals surface area contributed by atoms with Crippen LogP contribution in [0.3, 0.4) is 0 Å². The molecule has 108 valence electrons. The minimum atomic E-state index is 0.292. The lowest BCUT2D eigenvalue weighted by molar-refractivity contribution is 0.169. The number of nitrogens with zero attached hydrogens (tertiary/aromatic N) is 3. The number of nitrogens with two attached hydrogens (primary N) is 1. The van der Waals surface area contributed by atoms with Gasteiger partial charge in [-0.3, -0.25) is 0 Å². The van der Waals surface area contributed by atoms with Crippen LogP contribution in [0.15, 0.2) is 35.5 Å². The molecule has 5 nitrogen and oxygen atoms in total. The molecule has 6 heteroatoms. The van der Waals surface area contributed by atoms with E-state index in [0.29, 0.717) is 25.1 Å². The average Bonchev–Trinajstić information content (AvgIpc) is 2.88. The summed E-state index contributed by atoms with van der Waals surface area (Å²) in [6.45, 7) is 5.19. The molecular formula is C14H20N4OS. The van der Waals surface area contributed by atoms with Gasteiger partial charge in [0.05, 0.1) is 13.2 Å². The molecule has 1 heterocycles. The zero-order chi connectivity index (χ0) is 14.4. The first-order valence-corrected chi connectivity index (χ1v) is 7.59. The first-order valence-electron chi connectivity index (χ1n) is 6.60. The first-order chi connectivity index (χ1) is 9.72. The van der Waals surface area contributed by atoms with Crippen LogP contribution in [0.1, 0.15) is 31.3 Å². The van der Waals surface area contributed by atoms with Crippen molar-refractivity contribution in [2.75, 3.05) is 5.94 Å². The molecule has 0 atom stereocenters. The molecule has 2 aromatic rings. The van der Waals surface area contributed by atoms with Crippen LogP contribution in [-0.2, 0) is 17.9 Å². The Morgan fingerprint density at radius 3 is 2.65 bits per heavy atom. The van der Waals surface area contributed by atoms with E-state index in [-0.39, 0.29) is 0 Å². The molecule has 0 aliphatic heterocycles. The van der Waals surface area contributed by atoms with Crippen LogP contribution in [-0.4, -0.2) is 20.7 Å². The largest absolute Gasteiger partial charge is 0.366 e. The Hall–Kier alpha value is -1.37. The highest BCUT2D eigenvalue weighted by molar-refractivity contribution is 7.99. The summed E-state index contributed by atoms with van der Waals surface area (Å²) in [6.07, 6.45) is 0. The molecular weight excluding hydrogens is 272 g/mol. The zero-order valence-electron chi connectivity index (χ0n) is 11.8. The highest BCUT2D eigenvalue weighted by Crippen LogP contribution is 2.21. The van der Waals surface area contributed by atoms with Gasteiger partial charge in [-0.05, 0) is 19.4 Å². The predicted octanol–water partition coefficient (Wildman–Crippen LogP) is 2.58. The standard InChI is InChI=1S/C14H20N4OS/c1-11(2)18-13(8-15)16-17-14(18)20-10-19-9-12-6-4-3-5-7-12/h3-7,11H,8-10,15H2,1-2H3. The van der Waals surface area contributed by atoms with Crippen molar-refractivity contribution in [1.82, 2.24) is 14.8 Å². The summed E-state index contributed by atoms with van der Waals surface area (Å²) in [5.74, 6) is 1.36. The van der Waals surface area contributed by atoms with E-state index in [4.69, 9.17) is 10.5 Å². The van der Waals surface area contributed by atoms with Gasteiger partial charge in [-0.25, -0.2) is 0 Å². The number of aromatic nitrogens is 3. The van der Waals surface area contributed by atoms with Crippen molar-refractivity contribution in [3.05, 3.63) is 41.7 Å². The lowest BCUT2D eigenvalue weighted by Gasteiger charge is -2.12. The van der Waals surface area contributed by atoms with Crippen molar-refractivity contribution in [1.29, 1.82) is 0 Å². The van der Waals surface area contributed by atoms with E-state index in [2.05, 4.69) is 28.6 Å². The third-order valence-corrected chi connectivity index (χ3v) is 3.64. The van der Waals surface area contributed by atoms with Gasteiger partial charge in [-0.2, -0.15) is 0 Å². The molecule has 0 saturated heterocycles. The fourth-order valence-corrected chi connectivity index (χ4v) is 2.72. The first kappa shape index (κ1) is 15.0. The minimum Gasteiger partial charge on any atom is -0.366 e. The summed E-state index contributed by atoms with van der Waals surface area (Å²) in [7, 11) is 0. The number of thioether (sulfide) groups is 1. The Labute approximate surface area is 123 Å². The summed E-state index contributed by atoms with van der Waals surface area (Å²) < 4.78 is 7.70. The number of hydrogen-bond donors (Lipinski definition) is 1. The van der Waals surface area contributed by atoms with Crippen LogP contribution in [0.25, 0.3) is 0 Å². The van der Waals surface area contributed by atoms with E-state index >= 15 is 0 Å². The van der Waals surface area contributed by atoms with Crippen LogP contribution in [0.2, 0.25) is 0 Å². The van der Waals surface area contributed by atoms with Gasteiger partial charge in [-0.1, -0.05) is 42.1 Å². The second-order valence-corrected chi connectivity index (χ2v) is 5.55. The maximum Gasteiger partial charge on any atom is 0.193 e. The summed E-state index contributed by atoms with van der Waals surface area (Å²) in [6, 6.07) is 10.4. The molecule has 20 heavy (non-hydrogen) atoms. The molecule has 0 spiro atoms. The van der Waals surface area contributed by atoms with Crippen molar-refractivity contribution < 1.29 is 4.74 Å². The van der Waals surface area contributed by atoms with Crippen molar-refractivity contribution in [3.8, 4) is 0 Å². The normalized spacial score (nSPS) is 11.2. The smallest absolute Gasteiger partial charge is 0.193 e. The molecule has 0 amide bonds. The Kier molecular flexibility index (Phi) is 5.58. The Morgan fingerprint density at radius 1 is 1.25 bits per heavy atom. The van der Waals surface area contributed by atoms with E-state index in [1.165, 1.54) is 5.56 Å². The van der Waals surface area contributed by atoms with Crippen LogP contribution < -0.4 is 5.73 Å². The van der Waals surface area contributed by atoms with E-state index in [1.807, 2.05) is 30.3 Å². The van der Waals surface area contributed by atoms with Crippen LogP contribution >= 0.6 is 11.8 Å². The van der Waals surface area contributed by atoms with E-state index in [9.17, 15) is 0 Å². The summed E-state index contributed by atoms with van der Waals surface area (Å²) in [5, 5.41) is 9.13. The van der Waals surface area contributed by atoms with Gasteiger partial charge in [-0.15, -0.1) is 10.2 Å². The van der Waals surface area contributed by atoms with Gasteiger partial charge in [0.25, 0.3) is 0 Å². The Bertz CT molecular complexity index is 527. The molecule has 0 aliphatic rings. The summed E-state index contributed by atoms with van der Waals surface area (Å²) in [4.78, 5) is 0. The minimum absolute atomic E-state index is 0.292. The van der Waals surface area contributed by atoms with Gasteiger partial charge in [0.15, 0.2) is 5.16 Å². The number of benzene rings is 1. The average molecular weight is 292 g/mol. The van der Waals surface area contributed by atoms with Crippen LogP contribution in [0.5, 0.6) is 0 Å². The van der Waals surface area contributed by atoms with Crippen molar-refractivity contribution in [2.45, 2.75) is 38.2 Å². The van der Waals surface area contributed by atoms with E-state index in [0.717, 1.165) is 11.0 Å². The molecule has 2 N–H and O–H groups in total. The monoisotopic (exact) mass is 292 g/mol. The maximum atomic E-state index is 5.67. The number of rotatable bonds is 7. The molecule has 0 radical (unpaired) electrons. The van der Waals surface area contributed by atoms with Gasteiger partial charge in [0.1, 0.15) is 11.8 Å². The maximum absolute atomic E-state index is 5.67. The fraction of sp³-hybridized carbons (Fsp3) is 0.429. The Morgan fingerprint density at radius 2 is 2.00 bits per heavy atom. The molecule has 1 aromatic carbocycles. The molecule has 0 bridgehead atoms. The number of ether oxygens (including phenoxy) is 1. The second kappa shape index (κ2) is 7.42. The third-order valence-electron chi connectivity index (χ3n) is 2.82. The van der Waals surface area contributed by atoms with Crippen molar-refractivity contribution >= 4 is 11.8 Å². The quantitative estimate of drug-likeness (QED) is 0.483. The number of hydrogen-bond acceptors (Lipinski definition) is 5. The van der Waals surface area contributed by atoms with E-state index < -0.39 is 0 Å². The van der Waals surface area contributed by atoms with Crippen LogP contribution in [0.4, 0.5) is 0 Å². The summed E-state index contributed by atoms with van der Waals surface area (Å²) in [5.41, 5.74) is 6.84. The van der Waals surface area contributed by atoms with Crippen molar-refractivity contribution in [2.24, 2.45) is 5.73 Å². The molecule has 2 rings (SSSR count). The van der Waals surface area contributed by atoms with Gasteiger partial charge >= 0.3 is 0 Å². The Balaban J connectivity index is 1.87. The molecule has 0 fully saturated rings. The molecule has 0 aliphatic carbocycles. The fourth-order valence-electron chi connectivity index (χ4n) is 1.89. The van der Waals surface area contributed by atoms with Crippen LogP contribution in [0, 0.1) is 0 Å². The zero-order valence-corrected chi connectivity index (χ0v) is 12.6. The highest BCUT2D eigenvalue weighted by Gasteiger charge is 2.13. The van der Waals surface area contributed by atoms with Gasteiger partial charge in [0.2, 0.25) is 0 Å². The lowest BCUT2D eigenvalue weighted by Crippen LogP contribution is -2.11. The highest BCUT2D eigenvalue weighted by atomic mass is 32.2. The molecule has 1 aromatic heterocycles.